The van der Waals surface area contributed by atoms with E-state index in [1.54, 1.807) is 6.92 Å². The van der Waals surface area contributed by atoms with E-state index in [0.29, 0.717) is 6.54 Å². The summed E-state index contributed by atoms with van der Waals surface area (Å²) in [5.74, 6) is -0.636. The molecule has 0 aromatic heterocycles. The molecule has 24 heavy (non-hydrogen) atoms. The molecule has 2 aliphatic heterocycles. The van der Waals surface area contributed by atoms with Gasteiger partial charge in [-0.25, -0.2) is 4.79 Å². The Hall–Kier alpha value is -1.43. The molecule has 1 aliphatic carbocycles. The molecule has 0 bridgehead atoms. The van der Waals surface area contributed by atoms with E-state index in [4.69, 9.17) is 0 Å². The summed E-state index contributed by atoms with van der Waals surface area (Å²) in [6.07, 6.45) is 8.40. The van der Waals surface area contributed by atoms with Crippen molar-refractivity contribution in [1.82, 2.24) is 14.7 Å². The summed E-state index contributed by atoms with van der Waals surface area (Å²) < 4.78 is 0. The van der Waals surface area contributed by atoms with Crippen LogP contribution in [0.15, 0.2) is 0 Å². The lowest BCUT2D eigenvalue weighted by Crippen LogP contribution is -2.68. The van der Waals surface area contributed by atoms with Crippen LogP contribution in [0.1, 0.15) is 58.3 Å². The molecule has 2 saturated heterocycles. The minimum Gasteiger partial charge on any atom is -0.302 e. The summed E-state index contributed by atoms with van der Waals surface area (Å²) in [4.78, 5) is 43.4. The highest BCUT2D eigenvalue weighted by atomic mass is 16.2. The average molecular weight is 335 g/mol. The zero-order chi connectivity index (χ0) is 17.3. The second-order valence-corrected chi connectivity index (χ2v) is 7.78. The van der Waals surface area contributed by atoms with Gasteiger partial charge in [0.25, 0.3) is 0 Å². The molecule has 0 radical (unpaired) electrons. The van der Waals surface area contributed by atoms with E-state index in [-0.39, 0.29) is 17.9 Å². The smallest absolute Gasteiger partial charge is 0.302 e. The number of carbonyl (C=O) groups is 3. The molecule has 1 saturated carbocycles. The molecule has 3 rings (SSSR count). The molecule has 6 nitrogen and oxygen atoms in total. The Morgan fingerprint density at radius 3 is 2.12 bits per heavy atom. The number of hydrogen-bond donors (Lipinski definition) is 0. The minimum absolute atomic E-state index is 0.0463. The monoisotopic (exact) mass is 335 g/mol. The number of barbiturate groups is 1. The molecular formula is C18H29N3O3. The van der Waals surface area contributed by atoms with Gasteiger partial charge in [-0.3, -0.25) is 19.4 Å². The van der Waals surface area contributed by atoms with Crippen LogP contribution in [0, 0.1) is 5.41 Å². The third-order valence-corrected chi connectivity index (χ3v) is 5.89. The van der Waals surface area contributed by atoms with Crippen LogP contribution in [0.2, 0.25) is 0 Å². The number of urea groups is 1. The highest BCUT2D eigenvalue weighted by Crippen LogP contribution is 2.34. The molecule has 134 valence electrons. The summed E-state index contributed by atoms with van der Waals surface area (Å²) in [7, 11) is 1.52. The molecule has 1 atom stereocenters. The summed E-state index contributed by atoms with van der Waals surface area (Å²) in [6.45, 7) is 4.00. The van der Waals surface area contributed by atoms with Crippen molar-refractivity contribution in [2.75, 3.05) is 26.7 Å². The molecule has 0 spiro atoms. The van der Waals surface area contributed by atoms with Crippen molar-refractivity contribution in [1.29, 1.82) is 0 Å². The van der Waals surface area contributed by atoms with Gasteiger partial charge in [0.1, 0.15) is 5.41 Å². The highest BCUT2D eigenvalue weighted by Gasteiger charge is 2.55. The molecule has 3 aliphatic rings. The Balaban J connectivity index is 1.84. The third-order valence-electron chi connectivity index (χ3n) is 5.89. The van der Waals surface area contributed by atoms with Gasteiger partial charge in [0.2, 0.25) is 11.8 Å². The first-order valence-corrected chi connectivity index (χ1v) is 9.33. The minimum atomic E-state index is -1.14. The van der Waals surface area contributed by atoms with Crippen molar-refractivity contribution in [3.8, 4) is 0 Å². The summed E-state index contributed by atoms with van der Waals surface area (Å²) in [5, 5.41) is 0. The lowest BCUT2D eigenvalue weighted by molar-refractivity contribution is -0.160. The van der Waals surface area contributed by atoms with Crippen LogP contribution >= 0.6 is 0 Å². The quantitative estimate of drug-likeness (QED) is 0.742. The Labute approximate surface area is 144 Å². The Kier molecular flexibility index (Phi) is 4.95. The van der Waals surface area contributed by atoms with Crippen LogP contribution in [-0.2, 0) is 9.59 Å². The number of amides is 4. The van der Waals surface area contributed by atoms with Crippen LogP contribution in [-0.4, -0.2) is 65.3 Å². The van der Waals surface area contributed by atoms with E-state index < -0.39 is 11.4 Å². The van der Waals surface area contributed by atoms with E-state index in [1.165, 1.54) is 23.3 Å². The fourth-order valence-electron chi connectivity index (χ4n) is 4.42. The van der Waals surface area contributed by atoms with E-state index in [0.717, 1.165) is 58.0 Å². The Morgan fingerprint density at radius 1 is 0.917 bits per heavy atom. The van der Waals surface area contributed by atoms with Gasteiger partial charge in [0.15, 0.2) is 0 Å². The predicted molar refractivity (Wildman–Crippen MR) is 90.3 cm³/mol. The van der Waals surface area contributed by atoms with Gasteiger partial charge >= 0.3 is 6.03 Å². The maximum atomic E-state index is 13.2. The standard InChI is InChI=1S/C18H29N3O3/c1-18(13-20-11-7-4-8-12-20)15(22)19(2)17(24)21(16(18)23)14-9-5-3-6-10-14/h14H,3-13H2,1-2H3/t18-/m0/s1. The molecule has 3 fully saturated rings. The molecule has 0 aromatic carbocycles. The van der Waals surface area contributed by atoms with Crippen LogP contribution in [0.5, 0.6) is 0 Å². The second-order valence-electron chi connectivity index (χ2n) is 7.78. The second kappa shape index (κ2) is 6.82. The van der Waals surface area contributed by atoms with E-state index in [2.05, 4.69) is 4.90 Å². The number of nitrogens with zero attached hydrogens (tertiary/aromatic N) is 3. The zero-order valence-corrected chi connectivity index (χ0v) is 14.9. The van der Waals surface area contributed by atoms with Gasteiger partial charge in [0.05, 0.1) is 0 Å². The van der Waals surface area contributed by atoms with Gasteiger partial charge in [-0.2, -0.15) is 0 Å². The maximum Gasteiger partial charge on any atom is 0.333 e. The van der Waals surface area contributed by atoms with Crippen molar-refractivity contribution in [2.24, 2.45) is 5.41 Å². The van der Waals surface area contributed by atoms with Gasteiger partial charge in [-0.05, 0) is 45.7 Å². The molecule has 4 amide bonds. The normalized spacial score (nSPS) is 31.0. The van der Waals surface area contributed by atoms with Crippen molar-refractivity contribution in [3.63, 3.8) is 0 Å². The maximum absolute atomic E-state index is 13.2. The fraction of sp³-hybridized carbons (Fsp3) is 0.833. The van der Waals surface area contributed by atoms with Crippen LogP contribution in [0.4, 0.5) is 4.79 Å². The van der Waals surface area contributed by atoms with E-state index >= 15 is 0 Å². The molecule has 0 aromatic rings. The summed E-state index contributed by atoms with van der Waals surface area (Å²) in [5.41, 5.74) is -1.14. The van der Waals surface area contributed by atoms with E-state index in [1.807, 2.05) is 0 Å². The number of likely N-dealkylation sites (tertiary alicyclic amines) is 1. The van der Waals surface area contributed by atoms with Crippen molar-refractivity contribution in [3.05, 3.63) is 0 Å². The fourth-order valence-corrected chi connectivity index (χ4v) is 4.42. The largest absolute Gasteiger partial charge is 0.333 e. The Morgan fingerprint density at radius 2 is 1.50 bits per heavy atom. The summed E-state index contributed by atoms with van der Waals surface area (Å²) >= 11 is 0. The van der Waals surface area contributed by atoms with Crippen molar-refractivity contribution in [2.45, 2.75) is 64.3 Å². The lowest BCUT2D eigenvalue weighted by Gasteiger charge is -2.46. The highest BCUT2D eigenvalue weighted by molar-refractivity contribution is 6.19. The predicted octanol–water partition coefficient (Wildman–Crippen LogP) is 2.23. The molecular weight excluding hydrogens is 306 g/mol. The molecule has 0 unspecified atom stereocenters. The van der Waals surface area contributed by atoms with E-state index in [9.17, 15) is 14.4 Å². The topological polar surface area (TPSA) is 60.9 Å². The average Bonchev–Trinajstić information content (AvgIpc) is 2.61. The zero-order valence-electron chi connectivity index (χ0n) is 14.9. The number of imide groups is 2. The lowest BCUT2D eigenvalue weighted by atomic mass is 9.82. The van der Waals surface area contributed by atoms with Gasteiger partial charge < -0.3 is 4.90 Å². The SMILES string of the molecule is CN1C(=O)N(C2CCCCC2)C(=O)[C@@](C)(CN2CCCCC2)C1=O. The molecule has 0 N–H and O–H groups in total. The number of rotatable bonds is 3. The third kappa shape index (κ3) is 2.96. The van der Waals surface area contributed by atoms with Crippen LogP contribution in [0.3, 0.4) is 0 Å². The number of carbonyl (C=O) groups excluding carboxylic acids is 3. The first-order valence-electron chi connectivity index (χ1n) is 9.33. The van der Waals surface area contributed by atoms with Gasteiger partial charge in [-0.1, -0.05) is 25.7 Å². The Bertz CT molecular complexity index is 524. The van der Waals surface area contributed by atoms with Gasteiger partial charge in [-0.15, -0.1) is 0 Å². The van der Waals surface area contributed by atoms with Crippen molar-refractivity contribution >= 4 is 17.8 Å². The first kappa shape index (κ1) is 17.4. The first-order chi connectivity index (χ1) is 11.4. The molecule has 2 heterocycles. The van der Waals surface area contributed by atoms with Crippen molar-refractivity contribution < 1.29 is 14.4 Å². The van der Waals surface area contributed by atoms with Crippen LogP contribution < -0.4 is 0 Å². The molecule has 6 heteroatoms. The van der Waals surface area contributed by atoms with Gasteiger partial charge in [0, 0.05) is 19.6 Å². The van der Waals surface area contributed by atoms with Crippen LogP contribution in [0.25, 0.3) is 0 Å². The number of piperidine rings is 1. The summed E-state index contributed by atoms with van der Waals surface area (Å²) in [6, 6.07) is -0.483. The number of hydrogen-bond acceptors (Lipinski definition) is 4.